The number of rotatable bonds is 2. The van der Waals surface area contributed by atoms with Gasteiger partial charge in [0, 0.05) is 5.39 Å². The van der Waals surface area contributed by atoms with Crippen LogP contribution in [0.4, 0.5) is 0 Å². The van der Waals surface area contributed by atoms with Gasteiger partial charge in [0.1, 0.15) is 4.90 Å². The number of halogens is 1. The van der Waals surface area contributed by atoms with Gasteiger partial charge in [-0.15, -0.1) is 0 Å². The molecule has 0 amide bonds. The topological polar surface area (TPSA) is 43.4 Å². The van der Waals surface area contributed by atoms with E-state index < -0.39 is 10.1 Å². The summed E-state index contributed by atoms with van der Waals surface area (Å²) in [7, 11) is -0.963. The van der Waals surface area contributed by atoms with Crippen molar-refractivity contribution < 1.29 is 12.6 Å². The third kappa shape index (κ3) is 1.80. The fourth-order valence-electron chi connectivity index (χ4n) is 1.53. The van der Waals surface area contributed by atoms with E-state index in [1.807, 2.05) is 6.07 Å². The zero-order chi connectivity index (χ0) is 11.8. The van der Waals surface area contributed by atoms with Crippen LogP contribution in [0.15, 0.2) is 41.3 Å². The summed E-state index contributed by atoms with van der Waals surface area (Å²) in [5, 5.41) is 1.43. The Kier molecular flexibility index (Phi) is 2.88. The fourth-order valence-corrected chi connectivity index (χ4v) is 2.86. The van der Waals surface area contributed by atoms with Crippen LogP contribution in [0.5, 0.6) is 0 Å². The molecule has 0 saturated heterocycles. The molecule has 0 atom stereocenters. The summed E-state index contributed by atoms with van der Waals surface area (Å²) in [6.45, 7) is 0. The normalized spacial score (nSPS) is 11.9. The van der Waals surface area contributed by atoms with E-state index >= 15 is 0 Å². The molecule has 0 aromatic heterocycles. The second kappa shape index (κ2) is 4.05. The third-order valence-corrected chi connectivity index (χ3v) is 3.91. The lowest BCUT2D eigenvalue weighted by Gasteiger charge is -2.07. The highest BCUT2D eigenvalue weighted by Crippen LogP contribution is 2.31. The zero-order valence-electron chi connectivity index (χ0n) is 8.18. The summed E-state index contributed by atoms with van der Waals surface area (Å²) in [5.74, 6) is 0. The Morgan fingerprint density at radius 3 is 2.50 bits per heavy atom. The molecular weight excluding hydrogens is 248 g/mol. The average molecular weight is 256 g/mol. The predicted molar refractivity (Wildman–Crippen MR) is 62.6 cm³/mol. The Labute approximate surface area is 98.7 Å². The van der Waals surface area contributed by atoms with Crippen LogP contribution in [0, 0.1) is 7.11 Å². The standard InChI is InChI=1S/C11H8ClO3S/c1-15-16(13,14)11-9-5-3-2-4-8(9)6-7-10(11)12/h2-7H,1H2. The van der Waals surface area contributed by atoms with Gasteiger partial charge in [0.25, 0.3) is 10.1 Å². The molecule has 0 aliphatic rings. The van der Waals surface area contributed by atoms with E-state index in [1.165, 1.54) is 6.07 Å². The maximum Gasteiger partial charge on any atom is 0.299 e. The first-order chi connectivity index (χ1) is 7.56. The van der Waals surface area contributed by atoms with Crippen molar-refractivity contribution in [2.45, 2.75) is 4.90 Å². The van der Waals surface area contributed by atoms with Gasteiger partial charge >= 0.3 is 0 Å². The molecule has 0 aliphatic carbocycles. The van der Waals surface area contributed by atoms with Crippen molar-refractivity contribution in [3.63, 3.8) is 0 Å². The minimum Gasteiger partial charge on any atom is -0.264 e. The van der Waals surface area contributed by atoms with Crippen molar-refractivity contribution in [2.24, 2.45) is 0 Å². The van der Waals surface area contributed by atoms with Gasteiger partial charge in [-0.25, -0.2) is 0 Å². The van der Waals surface area contributed by atoms with E-state index in [1.54, 1.807) is 24.3 Å². The summed E-state index contributed by atoms with van der Waals surface area (Å²) in [4.78, 5) is -0.0396. The van der Waals surface area contributed by atoms with E-state index in [9.17, 15) is 8.42 Å². The van der Waals surface area contributed by atoms with Crippen LogP contribution < -0.4 is 0 Å². The van der Waals surface area contributed by atoms with Crippen LogP contribution in [0.2, 0.25) is 5.02 Å². The molecular formula is C11H8ClO3S. The molecule has 0 aliphatic heterocycles. The average Bonchev–Trinajstić information content (AvgIpc) is 2.28. The molecule has 3 nitrogen and oxygen atoms in total. The van der Waals surface area contributed by atoms with E-state index in [-0.39, 0.29) is 9.92 Å². The van der Waals surface area contributed by atoms with Crippen LogP contribution >= 0.6 is 11.6 Å². The summed E-state index contributed by atoms with van der Waals surface area (Å²) >= 11 is 5.88. The van der Waals surface area contributed by atoms with E-state index in [4.69, 9.17) is 11.6 Å². The second-order valence-electron chi connectivity index (χ2n) is 3.17. The molecule has 83 valence electrons. The van der Waals surface area contributed by atoms with Gasteiger partial charge in [-0.2, -0.15) is 8.42 Å². The third-order valence-electron chi connectivity index (χ3n) is 2.24. The second-order valence-corrected chi connectivity index (χ2v) is 5.13. The number of benzene rings is 2. The van der Waals surface area contributed by atoms with Gasteiger partial charge < -0.3 is 0 Å². The van der Waals surface area contributed by atoms with Crippen molar-refractivity contribution in [1.82, 2.24) is 0 Å². The highest BCUT2D eigenvalue weighted by atomic mass is 35.5. The summed E-state index contributed by atoms with van der Waals surface area (Å²) in [6, 6.07) is 10.3. The molecule has 0 fully saturated rings. The summed E-state index contributed by atoms with van der Waals surface area (Å²) < 4.78 is 27.6. The first-order valence-corrected chi connectivity index (χ1v) is 6.21. The quantitative estimate of drug-likeness (QED) is 0.775. The molecule has 2 aromatic rings. The first kappa shape index (κ1) is 11.4. The molecule has 16 heavy (non-hydrogen) atoms. The van der Waals surface area contributed by atoms with E-state index in [2.05, 4.69) is 11.3 Å². The Morgan fingerprint density at radius 2 is 1.81 bits per heavy atom. The van der Waals surface area contributed by atoms with Crippen LogP contribution in [-0.4, -0.2) is 8.42 Å². The molecule has 2 rings (SSSR count). The number of fused-ring (bicyclic) bond motifs is 1. The minimum absolute atomic E-state index is 0.0396. The molecule has 0 unspecified atom stereocenters. The smallest absolute Gasteiger partial charge is 0.264 e. The molecule has 0 saturated carbocycles. The van der Waals surface area contributed by atoms with Crippen LogP contribution in [0.25, 0.3) is 10.8 Å². The van der Waals surface area contributed by atoms with Crippen molar-refractivity contribution in [1.29, 1.82) is 0 Å². The van der Waals surface area contributed by atoms with Crippen LogP contribution in [0.3, 0.4) is 0 Å². The van der Waals surface area contributed by atoms with Crippen LogP contribution in [-0.2, 0) is 14.3 Å². The van der Waals surface area contributed by atoms with Crippen molar-refractivity contribution >= 4 is 32.5 Å². The van der Waals surface area contributed by atoms with Gasteiger partial charge in [-0.3, -0.25) is 4.18 Å². The first-order valence-electron chi connectivity index (χ1n) is 4.42. The predicted octanol–water partition coefficient (Wildman–Crippen LogP) is 2.99. The Hall–Kier alpha value is -1.10. The van der Waals surface area contributed by atoms with Gasteiger partial charge in [-0.1, -0.05) is 41.9 Å². The zero-order valence-corrected chi connectivity index (χ0v) is 9.75. The highest BCUT2D eigenvalue weighted by molar-refractivity contribution is 7.87. The number of hydrogen-bond donors (Lipinski definition) is 0. The van der Waals surface area contributed by atoms with Crippen LogP contribution in [0.1, 0.15) is 0 Å². The van der Waals surface area contributed by atoms with E-state index in [0.29, 0.717) is 5.39 Å². The molecule has 1 radical (unpaired) electrons. The van der Waals surface area contributed by atoms with Gasteiger partial charge in [0.2, 0.25) is 0 Å². The SMILES string of the molecule is [CH2]OS(=O)(=O)c1c(Cl)ccc2ccccc12. The Morgan fingerprint density at radius 1 is 1.12 bits per heavy atom. The van der Waals surface area contributed by atoms with Gasteiger partial charge in [0.15, 0.2) is 0 Å². The van der Waals surface area contributed by atoms with E-state index in [0.717, 1.165) is 5.39 Å². The Balaban J connectivity index is 2.92. The summed E-state index contributed by atoms with van der Waals surface area (Å²) in [6.07, 6.45) is 0. The highest BCUT2D eigenvalue weighted by Gasteiger charge is 2.20. The molecule has 0 spiro atoms. The maximum atomic E-state index is 11.7. The molecule has 0 bridgehead atoms. The number of hydrogen-bond acceptors (Lipinski definition) is 3. The fraction of sp³-hybridized carbons (Fsp3) is 0. The molecule has 5 heteroatoms. The monoisotopic (exact) mass is 255 g/mol. The lowest BCUT2D eigenvalue weighted by molar-refractivity contribution is 0.439. The van der Waals surface area contributed by atoms with Gasteiger partial charge in [-0.05, 0) is 11.5 Å². The molecule has 0 N–H and O–H groups in total. The minimum atomic E-state index is -3.90. The van der Waals surface area contributed by atoms with Gasteiger partial charge in [0.05, 0.1) is 12.1 Å². The Bertz CT molecular complexity index is 635. The molecule has 2 aromatic carbocycles. The van der Waals surface area contributed by atoms with Crippen molar-refractivity contribution in [2.75, 3.05) is 0 Å². The lowest BCUT2D eigenvalue weighted by atomic mass is 10.1. The largest absolute Gasteiger partial charge is 0.299 e. The lowest BCUT2D eigenvalue weighted by Crippen LogP contribution is -2.03. The van der Waals surface area contributed by atoms with Crippen molar-refractivity contribution in [3.05, 3.63) is 48.5 Å². The van der Waals surface area contributed by atoms with Crippen molar-refractivity contribution in [3.8, 4) is 0 Å². The maximum absolute atomic E-state index is 11.7. The molecule has 0 heterocycles. The summed E-state index contributed by atoms with van der Waals surface area (Å²) in [5.41, 5.74) is 0.